The first-order chi connectivity index (χ1) is 14.9. The van der Waals surface area contributed by atoms with Gasteiger partial charge in [-0.05, 0) is 42.5 Å². The number of nitrogens with zero attached hydrogens (tertiary/aromatic N) is 3. The number of fused-ring (bicyclic) bond motifs is 1. The van der Waals surface area contributed by atoms with E-state index in [1.54, 1.807) is 25.4 Å². The minimum atomic E-state index is -1.03. The number of aryl methyl sites for hydroxylation is 1. The standard InChI is InChI=1S/C23H25N3O5/c1-24-14-19(18-13-15(22(27)28)3-8-20(18)24)21(23(29)30)26-11-9-25(10-12-26)16-4-6-17(31-2)7-5-16/h3-8,13-14,21H,9-12H2,1-2H3,(H,27,28)(H,29,30)/t21-/m0/s1. The van der Waals surface area contributed by atoms with Gasteiger partial charge in [0.2, 0.25) is 0 Å². The molecule has 0 saturated carbocycles. The summed E-state index contributed by atoms with van der Waals surface area (Å²) in [6, 6.07) is 11.8. The monoisotopic (exact) mass is 423 g/mol. The summed E-state index contributed by atoms with van der Waals surface area (Å²) in [6.45, 7) is 2.55. The molecular weight excluding hydrogens is 398 g/mol. The van der Waals surface area contributed by atoms with Gasteiger partial charge >= 0.3 is 11.9 Å². The highest BCUT2D eigenvalue weighted by molar-refractivity contribution is 5.96. The Bertz CT molecular complexity index is 1110. The number of benzene rings is 2. The molecule has 1 atom stereocenters. The molecule has 8 heteroatoms. The van der Waals surface area contributed by atoms with E-state index in [0.29, 0.717) is 37.1 Å². The van der Waals surface area contributed by atoms with Crippen LogP contribution in [0.15, 0.2) is 48.7 Å². The highest BCUT2D eigenvalue weighted by Crippen LogP contribution is 2.32. The molecule has 1 aromatic heterocycles. The number of anilines is 1. The van der Waals surface area contributed by atoms with E-state index in [-0.39, 0.29) is 5.56 Å². The molecule has 2 aromatic carbocycles. The number of carbonyl (C=O) groups is 2. The van der Waals surface area contributed by atoms with E-state index in [1.807, 2.05) is 40.8 Å². The number of aromatic nitrogens is 1. The van der Waals surface area contributed by atoms with Crippen LogP contribution in [0.5, 0.6) is 5.75 Å². The lowest BCUT2D eigenvalue weighted by molar-refractivity contribution is -0.143. The first-order valence-electron chi connectivity index (χ1n) is 10.1. The van der Waals surface area contributed by atoms with Crippen LogP contribution in [0.2, 0.25) is 0 Å². The Labute approximate surface area is 179 Å². The van der Waals surface area contributed by atoms with Crippen LogP contribution in [-0.2, 0) is 11.8 Å². The molecule has 1 fully saturated rings. The predicted molar refractivity (Wildman–Crippen MR) is 117 cm³/mol. The zero-order valence-corrected chi connectivity index (χ0v) is 17.5. The van der Waals surface area contributed by atoms with Crippen LogP contribution in [0.1, 0.15) is 22.0 Å². The number of carboxylic acid groups (broad SMARTS) is 2. The zero-order chi connectivity index (χ0) is 22.1. The number of aliphatic carboxylic acids is 1. The van der Waals surface area contributed by atoms with Gasteiger partial charge < -0.3 is 24.4 Å². The van der Waals surface area contributed by atoms with E-state index < -0.39 is 18.0 Å². The highest BCUT2D eigenvalue weighted by Gasteiger charge is 2.32. The third-order valence-electron chi connectivity index (χ3n) is 5.91. The number of carboxylic acids is 2. The Kier molecular flexibility index (Phi) is 5.56. The fourth-order valence-corrected chi connectivity index (χ4v) is 4.29. The number of hydrogen-bond donors (Lipinski definition) is 2. The Morgan fingerprint density at radius 2 is 1.68 bits per heavy atom. The molecule has 1 aliphatic heterocycles. The number of ether oxygens (including phenoxy) is 1. The Morgan fingerprint density at radius 3 is 2.26 bits per heavy atom. The molecule has 0 aliphatic carbocycles. The van der Waals surface area contributed by atoms with Crippen LogP contribution in [0.4, 0.5) is 5.69 Å². The molecule has 2 N–H and O–H groups in total. The van der Waals surface area contributed by atoms with Crippen molar-refractivity contribution in [1.82, 2.24) is 9.47 Å². The Morgan fingerprint density at radius 1 is 1.00 bits per heavy atom. The molecular formula is C23H25N3O5. The zero-order valence-electron chi connectivity index (χ0n) is 17.5. The predicted octanol–water partition coefficient (Wildman–Crippen LogP) is 2.83. The van der Waals surface area contributed by atoms with Crippen molar-refractivity contribution in [3.05, 3.63) is 59.8 Å². The summed E-state index contributed by atoms with van der Waals surface area (Å²) in [5.41, 5.74) is 2.64. The van der Waals surface area contributed by atoms with Crippen molar-refractivity contribution in [2.24, 2.45) is 7.05 Å². The fraction of sp³-hybridized carbons (Fsp3) is 0.304. The molecule has 4 rings (SSSR count). The first-order valence-corrected chi connectivity index (χ1v) is 10.1. The van der Waals surface area contributed by atoms with Gasteiger partial charge in [0.25, 0.3) is 0 Å². The van der Waals surface area contributed by atoms with E-state index in [0.717, 1.165) is 17.0 Å². The minimum absolute atomic E-state index is 0.147. The summed E-state index contributed by atoms with van der Waals surface area (Å²) in [6.07, 6.45) is 1.80. The number of hydrogen-bond acceptors (Lipinski definition) is 5. The summed E-state index contributed by atoms with van der Waals surface area (Å²) in [5.74, 6) is -1.17. The lowest BCUT2D eigenvalue weighted by Gasteiger charge is -2.38. The average molecular weight is 423 g/mol. The van der Waals surface area contributed by atoms with Gasteiger partial charge in [-0.2, -0.15) is 0 Å². The first kappa shape index (κ1) is 20.7. The molecule has 0 unspecified atom stereocenters. The van der Waals surface area contributed by atoms with E-state index in [1.165, 1.54) is 6.07 Å². The van der Waals surface area contributed by atoms with Gasteiger partial charge in [0.05, 0.1) is 12.7 Å². The van der Waals surface area contributed by atoms with Crippen LogP contribution in [0.3, 0.4) is 0 Å². The molecule has 0 bridgehead atoms. The van der Waals surface area contributed by atoms with E-state index >= 15 is 0 Å². The summed E-state index contributed by atoms with van der Waals surface area (Å²) in [5, 5.41) is 20.1. The second-order valence-corrected chi connectivity index (χ2v) is 7.69. The van der Waals surface area contributed by atoms with Crippen LogP contribution < -0.4 is 9.64 Å². The molecule has 1 aliphatic rings. The van der Waals surface area contributed by atoms with Gasteiger partial charge in [-0.3, -0.25) is 9.69 Å². The van der Waals surface area contributed by atoms with Gasteiger partial charge in [-0.25, -0.2) is 4.79 Å². The third kappa shape index (κ3) is 3.94. The molecule has 8 nitrogen and oxygen atoms in total. The Hall–Kier alpha value is -3.52. The lowest BCUT2D eigenvalue weighted by Crippen LogP contribution is -2.49. The molecule has 2 heterocycles. The van der Waals surface area contributed by atoms with Gasteiger partial charge in [0.15, 0.2) is 0 Å². The fourth-order valence-electron chi connectivity index (χ4n) is 4.29. The maximum atomic E-state index is 12.3. The molecule has 0 spiro atoms. The van der Waals surface area contributed by atoms with E-state index in [4.69, 9.17) is 4.74 Å². The van der Waals surface area contributed by atoms with Crippen molar-refractivity contribution in [3.8, 4) is 5.75 Å². The lowest BCUT2D eigenvalue weighted by atomic mass is 10.0. The summed E-state index contributed by atoms with van der Waals surface area (Å²) < 4.78 is 7.06. The van der Waals surface area contributed by atoms with Crippen molar-refractivity contribution in [2.75, 3.05) is 38.2 Å². The SMILES string of the molecule is COc1ccc(N2CCN([C@H](C(=O)O)c3cn(C)c4ccc(C(=O)O)cc34)CC2)cc1. The van der Waals surface area contributed by atoms with Crippen molar-refractivity contribution >= 4 is 28.5 Å². The minimum Gasteiger partial charge on any atom is -0.497 e. The summed E-state index contributed by atoms with van der Waals surface area (Å²) in [4.78, 5) is 27.9. The maximum absolute atomic E-state index is 12.3. The number of rotatable bonds is 6. The van der Waals surface area contributed by atoms with E-state index in [2.05, 4.69) is 4.90 Å². The third-order valence-corrected chi connectivity index (χ3v) is 5.91. The highest BCUT2D eigenvalue weighted by atomic mass is 16.5. The van der Waals surface area contributed by atoms with Crippen molar-refractivity contribution < 1.29 is 24.5 Å². The number of aromatic carboxylic acids is 1. The molecule has 0 radical (unpaired) electrons. The van der Waals surface area contributed by atoms with Gasteiger partial charge in [-0.1, -0.05) is 0 Å². The van der Waals surface area contributed by atoms with Gasteiger partial charge in [0.1, 0.15) is 11.8 Å². The van der Waals surface area contributed by atoms with Crippen LogP contribution in [0.25, 0.3) is 10.9 Å². The van der Waals surface area contributed by atoms with Crippen LogP contribution in [0, 0.1) is 0 Å². The summed E-state index contributed by atoms with van der Waals surface area (Å²) in [7, 11) is 3.47. The quantitative estimate of drug-likeness (QED) is 0.629. The second kappa shape index (κ2) is 8.31. The van der Waals surface area contributed by atoms with Crippen LogP contribution in [-0.4, -0.2) is 64.9 Å². The van der Waals surface area contributed by atoms with Crippen LogP contribution >= 0.6 is 0 Å². The maximum Gasteiger partial charge on any atom is 0.335 e. The van der Waals surface area contributed by atoms with E-state index in [9.17, 15) is 19.8 Å². The second-order valence-electron chi connectivity index (χ2n) is 7.69. The molecule has 31 heavy (non-hydrogen) atoms. The smallest absolute Gasteiger partial charge is 0.335 e. The number of methoxy groups -OCH3 is 1. The molecule has 0 amide bonds. The largest absolute Gasteiger partial charge is 0.497 e. The van der Waals surface area contributed by atoms with Crippen molar-refractivity contribution in [1.29, 1.82) is 0 Å². The molecule has 1 saturated heterocycles. The van der Waals surface area contributed by atoms with Crippen molar-refractivity contribution in [2.45, 2.75) is 6.04 Å². The molecule has 3 aromatic rings. The summed E-state index contributed by atoms with van der Waals surface area (Å²) >= 11 is 0. The number of piperazine rings is 1. The molecule has 162 valence electrons. The topological polar surface area (TPSA) is 95.2 Å². The Balaban J connectivity index is 1.59. The van der Waals surface area contributed by atoms with Crippen molar-refractivity contribution in [3.63, 3.8) is 0 Å². The van der Waals surface area contributed by atoms with Gasteiger partial charge in [0, 0.05) is 61.6 Å². The normalized spacial score (nSPS) is 15.7. The average Bonchev–Trinajstić information content (AvgIpc) is 3.09. The van der Waals surface area contributed by atoms with Gasteiger partial charge in [-0.15, -0.1) is 0 Å².